The van der Waals surface area contributed by atoms with Crippen LogP contribution < -0.4 is 0 Å². The highest BCUT2D eigenvalue weighted by Gasteiger charge is 2.51. The number of nitrogens with zero attached hydrogens (tertiary/aromatic N) is 4. The molecule has 0 saturated carbocycles. The van der Waals surface area contributed by atoms with Crippen LogP contribution in [-0.2, 0) is 6.54 Å². The van der Waals surface area contributed by atoms with Gasteiger partial charge in [-0.2, -0.15) is 5.10 Å². The molecule has 1 aromatic rings. The zero-order chi connectivity index (χ0) is 11.1. The van der Waals surface area contributed by atoms with Gasteiger partial charge in [0.15, 0.2) is 0 Å². The minimum Gasteiger partial charge on any atom is -0.295 e. The van der Waals surface area contributed by atoms with Crippen molar-refractivity contribution in [2.75, 3.05) is 13.1 Å². The van der Waals surface area contributed by atoms with Gasteiger partial charge in [-0.1, -0.05) is 13.8 Å². The number of rotatable bonds is 3. The molecule has 1 fully saturated rings. The Labute approximate surface area is 91.3 Å². The largest absolute Gasteiger partial charge is 0.295 e. The second kappa shape index (κ2) is 3.30. The second-order valence-electron chi connectivity index (χ2n) is 5.52. The predicted molar refractivity (Wildman–Crippen MR) is 59.5 cm³/mol. The summed E-state index contributed by atoms with van der Waals surface area (Å²) in [6, 6.07) is 0. The first-order chi connectivity index (χ1) is 6.93. The molecule has 84 valence electrons. The molecule has 0 aliphatic carbocycles. The molecule has 1 aliphatic heterocycles. The first-order valence-electron chi connectivity index (χ1n) is 5.51. The highest BCUT2D eigenvalue weighted by Crippen LogP contribution is 2.45. The maximum Gasteiger partial charge on any atom is 0.137 e. The van der Waals surface area contributed by atoms with E-state index in [0.29, 0.717) is 11.0 Å². The van der Waals surface area contributed by atoms with Crippen LogP contribution in [0.2, 0.25) is 0 Å². The maximum atomic E-state index is 4.11. The zero-order valence-electron chi connectivity index (χ0n) is 10.1. The molecule has 1 aromatic heterocycles. The lowest BCUT2D eigenvalue weighted by Crippen LogP contribution is -2.69. The summed E-state index contributed by atoms with van der Waals surface area (Å²) in [5.74, 6) is 0. The molecule has 0 unspecified atom stereocenters. The van der Waals surface area contributed by atoms with Gasteiger partial charge in [-0.15, -0.1) is 0 Å². The monoisotopic (exact) mass is 208 g/mol. The average Bonchev–Trinajstić information content (AvgIpc) is 2.64. The number of aromatic nitrogens is 3. The summed E-state index contributed by atoms with van der Waals surface area (Å²) in [6.45, 7) is 12.5. The molecule has 4 nitrogen and oxygen atoms in total. The lowest BCUT2D eigenvalue weighted by atomic mass is 9.65. The van der Waals surface area contributed by atoms with Crippen molar-refractivity contribution in [3.05, 3.63) is 12.7 Å². The van der Waals surface area contributed by atoms with Crippen LogP contribution in [0.1, 0.15) is 27.7 Å². The Balaban J connectivity index is 1.88. The molecule has 1 saturated heterocycles. The van der Waals surface area contributed by atoms with Gasteiger partial charge in [-0.05, 0) is 19.3 Å². The fourth-order valence-corrected chi connectivity index (χ4v) is 2.13. The molecule has 15 heavy (non-hydrogen) atoms. The molecular weight excluding hydrogens is 188 g/mol. The molecule has 2 rings (SSSR count). The van der Waals surface area contributed by atoms with Crippen LogP contribution >= 0.6 is 0 Å². The molecule has 0 amide bonds. The summed E-state index contributed by atoms with van der Waals surface area (Å²) in [4.78, 5) is 6.45. The van der Waals surface area contributed by atoms with Gasteiger partial charge >= 0.3 is 0 Å². The molecule has 0 aromatic carbocycles. The van der Waals surface area contributed by atoms with Crippen LogP contribution in [0.5, 0.6) is 0 Å². The van der Waals surface area contributed by atoms with Crippen molar-refractivity contribution in [1.82, 2.24) is 19.7 Å². The minimum atomic E-state index is 0.299. The quantitative estimate of drug-likeness (QED) is 0.753. The van der Waals surface area contributed by atoms with Gasteiger partial charge in [-0.25, -0.2) is 4.98 Å². The van der Waals surface area contributed by atoms with E-state index < -0.39 is 0 Å². The minimum absolute atomic E-state index is 0.299. The fourth-order valence-electron chi connectivity index (χ4n) is 2.13. The van der Waals surface area contributed by atoms with Gasteiger partial charge in [-0.3, -0.25) is 9.58 Å². The van der Waals surface area contributed by atoms with Gasteiger partial charge < -0.3 is 0 Å². The highest BCUT2D eigenvalue weighted by atomic mass is 15.3. The lowest BCUT2D eigenvalue weighted by molar-refractivity contribution is -0.117. The normalized spacial score (nSPS) is 23.7. The molecular formula is C11H20N4. The van der Waals surface area contributed by atoms with Crippen molar-refractivity contribution in [2.24, 2.45) is 5.41 Å². The Kier molecular flexibility index (Phi) is 2.34. The van der Waals surface area contributed by atoms with Crippen LogP contribution in [0, 0.1) is 5.41 Å². The Morgan fingerprint density at radius 3 is 2.40 bits per heavy atom. The Morgan fingerprint density at radius 2 is 1.93 bits per heavy atom. The molecule has 0 N–H and O–H groups in total. The third-order valence-corrected chi connectivity index (χ3v) is 4.10. The van der Waals surface area contributed by atoms with E-state index in [9.17, 15) is 0 Å². The van der Waals surface area contributed by atoms with Crippen molar-refractivity contribution >= 4 is 0 Å². The van der Waals surface area contributed by atoms with Crippen LogP contribution in [-0.4, -0.2) is 38.3 Å². The molecule has 4 heteroatoms. The predicted octanol–water partition coefficient (Wildman–Crippen LogP) is 1.40. The molecule has 1 aliphatic rings. The van der Waals surface area contributed by atoms with E-state index in [1.165, 1.54) is 6.54 Å². The maximum absolute atomic E-state index is 4.11. The van der Waals surface area contributed by atoms with E-state index in [0.717, 1.165) is 13.1 Å². The van der Waals surface area contributed by atoms with Gasteiger partial charge in [0.05, 0.1) is 6.54 Å². The molecule has 0 atom stereocenters. The first-order valence-corrected chi connectivity index (χ1v) is 5.51. The van der Waals surface area contributed by atoms with Crippen molar-refractivity contribution in [3.8, 4) is 0 Å². The Hall–Kier alpha value is -0.900. The summed E-state index contributed by atoms with van der Waals surface area (Å²) in [5.41, 5.74) is 0.725. The van der Waals surface area contributed by atoms with E-state index in [2.05, 4.69) is 42.7 Å². The molecule has 0 bridgehead atoms. The van der Waals surface area contributed by atoms with Crippen LogP contribution in [0.15, 0.2) is 12.7 Å². The van der Waals surface area contributed by atoms with E-state index in [4.69, 9.17) is 0 Å². The summed E-state index contributed by atoms with van der Waals surface area (Å²) < 4.78 is 1.89. The second-order valence-corrected chi connectivity index (χ2v) is 5.52. The lowest BCUT2D eigenvalue weighted by Gasteiger charge is -2.61. The van der Waals surface area contributed by atoms with E-state index in [1.54, 1.807) is 12.7 Å². The molecule has 2 heterocycles. The van der Waals surface area contributed by atoms with Crippen LogP contribution in [0.25, 0.3) is 0 Å². The third-order valence-electron chi connectivity index (χ3n) is 4.10. The van der Waals surface area contributed by atoms with Crippen LogP contribution in [0.3, 0.4) is 0 Å². The van der Waals surface area contributed by atoms with E-state index in [1.807, 2.05) is 4.68 Å². The zero-order valence-corrected chi connectivity index (χ0v) is 10.1. The van der Waals surface area contributed by atoms with Gasteiger partial charge in [0, 0.05) is 18.6 Å². The summed E-state index contributed by atoms with van der Waals surface area (Å²) in [6.07, 6.45) is 3.36. The van der Waals surface area contributed by atoms with Crippen molar-refractivity contribution < 1.29 is 0 Å². The van der Waals surface area contributed by atoms with Crippen molar-refractivity contribution in [1.29, 1.82) is 0 Å². The molecule has 0 radical (unpaired) electrons. The van der Waals surface area contributed by atoms with Crippen molar-refractivity contribution in [2.45, 2.75) is 39.8 Å². The third kappa shape index (κ3) is 1.67. The first kappa shape index (κ1) is 10.6. The van der Waals surface area contributed by atoms with Gasteiger partial charge in [0.1, 0.15) is 12.7 Å². The Morgan fingerprint density at radius 1 is 1.20 bits per heavy atom. The van der Waals surface area contributed by atoms with Gasteiger partial charge in [0.25, 0.3) is 0 Å². The topological polar surface area (TPSA) is 34.0 Å². The number of hydrogen-bond acceptors (Lipinski definition) is 3. The van der Waals surface area contributed by atoms with E-state index in [-0.39, 0.29) is 0 Å². The highest BCUT2D eigenvalue weighted by molar-refractivity contribution is 5.06. The van der Waals surface area contributed by atoms with Crippen molar-refractivity contribution in [3.63, 3.8) is 0 Å². The van der Waals surface area contributed by atoms with Crippen LogP contribution in [0.4, 0.5) is 0 Å². The standard InChI is InChI=1S/C11H20N4/c1-10(2)7-14(11(10,3)4)5-6-15-9-12-8-13-15/h8-9H,5-7H2,1-4H3. The summed E-state index contributed by atoms with van der Waals surface area (Å²) in [5, 5.41) is 4.11. The summed E-state index contributed by atoms with van der Waals surface area (Å²) >= 11 is 0. The fraction of sp³-hybridized carbons (Fsp3) is 0.818. The SMILES string of the molecule is CC1(C)CN(CCn2cncn2)C1(C)C. The number of hydrogen-bond donors (Lipinski definition) is 0. The smallest absolute Gasteiger partial charge is 0.137 e. The average molecular weight is 208 g/mol. The summed E-state index contributed by atoms with van der Waals surface area (Å²) in [7, 11) is 0. The van der Waals surface area contributed by atoms with E-state index >= 15 is 0 Å². The number of likely N-dealkylation sites (tertiary alicyclic amines) is 1. The molecule has 0 spiro atoms. The van der Waals surface area contributed by atoms with Gasteiger partial charge in [0.2, 0.25) is 0 Å². The Bertz CT molecular complexity index is 326.